The third-order valence-corrected chi connectivity index (χ3v) is 4.64. The monoisotopic (exact) mass is 351 g/mol. The first kappa shape index (κ1) is 18.1. The zero-order chi connectivity index (χ0) is 18.7. The second-order valence-electron chi connectivity index (χ2n) is 7.00. The highest BCUT2D eigenvalue weighted by molar-refractivity contribution is 6.09. The van der Waals surface area contributed by atoms with Gasteiger partial charge in [-0.2, -0.15) is 0 Å². The minimum atomic E-state index is -0.156. The van der Waals surface area contributed by atoms with E-state index >= 15 is 0 Å². The topological polar surface area (TPSA) is 52.7 Å². The van der Waals surface area contributed by atoms with Gasteiger partial charge in [0.25, 0.3) is 11.8 Å². The molecule has 1 aliphatic heterocycles. The van der Waals surface area contributed by atoms with Gasteiger partial charge in [-0.25, -0.2) is 0 Å². The van der Waals surface area contributed by atoms with Crippen LogP contribution in [-0.2, 0) is 6.42 Å². The van der Waals surface area contributed by atoms with Crippen LogP contribution in [0.2, 0.25) is 0 Å². The number of rotatable bonds is 5. The number of para-hydroxylation sites is 1. The van der Waals surface area contributed by atoms with Gasteiger partial charge in [0.05, 0.1) is 0 Å². The summed E-state index contributed by atoms with van der Waals surface area (Å²) in [4.78, 5) is 29.3. The van der Waals surface area contributed by atoms with E-state index < -0.39 is 0 Å². The van der Waals surface area contributed by atoms with Gasteiger partial charge in [-0.15, -0.1) is 0 Å². The molecule has 1 unspecified atom stereocenters. The van der Waals surface area contributed by atoms with Crippen LogP contribution >= 0.6 is 0 Å². The minimum Gasteiger partial charge on any atom is -0.351 e. The molecule has 26 heavy (non-hydrogen) atoms. The lowest BCUT2D eigenvalue weighted by Gasteiger charge is -2.23. The van der Waals surface area contributed by atoms with Gasteiger partial charge in [0, 0.05) is 35.9 Å². The van der Waals surface area contributed by atoms with E-state index in [4.69, 9.17) is 0 Å². The van der Waals surface area contributed by atoms with Gasteiger partial charge < -0.3 is 15.1 Å². The summed E-state index contributed by atoms with van der Waals surface area (Å²) >= 11 is 0. The standard InChI is InChI=1S/C21H25N3O2/c1-15-13-16-7-4-5-10-19(16)24(15)21(26)18-9-6-8-17(14-18)20(25)22-11-12-23(2)3/h4-10,14-15H,11-13H2,1-3H3,(H,22,25). The smallest absolute Gasteiger partial charge is 0.258 e. The van der Waals surface area contributed by atoms with Crippen molar-refractivity contribution >= 4 is 17.5 Å². The number of anilines is 1. The largest absolute Gasteiger partial charge is 0.351 e. The molecule has 0 fully saturated rings. The maximum Gasteiger partial charge on any atom is 0.258 e. The van der Waals surface area contributed by atoms with E-state index in [2.05, 4.69) is 18.3 Å². The third-order valence-electron chi connectivity index (χ3n) is 4.64. The van der Waals surface area contributed by atoms with Crippen molar-refractivity contribution in [3.63, 3.8) is 0 Å². The van der Waals surface area contributed by atoms with Crippen molar-refractivity contribution in [2.24, 2.45) is 0 Å². The van der Waals surface area contributed by atoms with Gasteiger partial charge in [0.1, 0.15) is 0 Å². The van der Waals surface area contributed by atoms with Crippen LogP contribution in [0, 0.1) is 0 Å². The molecule has 0 saturated heterocycles. The summed E-state index contributed by atoms with van der Waals surface area (Å²) in [7, 11) is 3.92. The van der Waals surface area contributed by atoms with Crippen molar-refractivity contribution in [2.75, 3.05) is 32.1 Å². The van der Waals surface area contributed by atoms with E-state index in [1.54, 1.807) is 24.3 Å². The summed E-state index contributed by atoms with van der Waals surface area (Å²) < 4.78 is 0. The number of likely N-dealkylation sites (N-methyl/N-ethyl adjacent to an activating group) is 1. The van der Waals surface area contributed by atoms with Gasteiger partial charge in [-0.3, -0.25) is 9.59 Å². The Morgan fingerprint density at radius 1 is 1.12 bits per heavy atom. The molecule has 0 bridgehead atoms. The van der Waals surface area contributed by atoms with Gasteiger partial charge in [-0.05, 0) is 57.3 Å². The zero-order valence-corrected chi connectivity index (χ0v) is 15.5. The van der Waals surface area contributed by atoms with Crippen LogP contribution in [0.5, 0.6) is 0 Å². The van der Waals surface area contributed by atoms with Crippen LogP contribution in [0.4, 0.5) is 5.69 Å². The molecule has 2 aromatic carbocycles. The van der Waals surface area contributed by atoms with Gasteiger partial charge in [-0.1, -0.05) is 24.3 Å². The highest BCUT2D eigenvalue weighted by Gasteiger charge is 2.31. The molecule has 2 aromatic rings. The Morgan fingerprint density at radius 3 is 2.62 bits per heavy atom. The first-order chi connectivity index (χ1) is 12.5. The molecule has 136 valence electrons. The molecular weight excluding hydrogens is 326 g/mol. The summed E-state index contributed by atoms with van der Waals surface area (Å²) in [6.45, 7) is 3.39. The number of amides is 2. The molecule has 3 rings (SSSR count). The average molecular weight is 351 g/mol. The number of fused-ring (bicyclic) bond motifs is 1. The Labute approximate surface area is 154 Å². The van der Waals surface area contributed by atoms with E-state index in [-0.39, 0.29) is 17.9 Å². The second kappa shape index (κ2) is 7.70. The molecule has 1 aliphatic rings. The zero-order valence-electron chi connectivity index (χ0n) is 15.5. The number of carbonyl (C=O) groups excluding carboxylic acids is 2. The van der Waals surface area contributed by atoms with Crippen molar-refractivity contribution in [3.8, 4) is 0 Å². The van der Waals surface area contributed by atoms with E-state index in [0.717, 1.165) is 18.7 Å². The van der Waals surface area contributed by atoms with Crippen LogP contribution in [0.25, 0.3) is 0 Å². The molecule has 0 aliphatic carbocycles. The predicted octanol–water partition coefficient (Wildman–Crippen LogP) is 2.57. The lowest BCUT2D eigenvalue weighted by atomic mass is 10.1. The van der Waals surface area contributed by atoms with Crippen molar-refractivity contribution in [1.82, 2.24) is 10.2 Å². The van der Waals surface area contributed by atoms with Gasteiger partial charge in [0.2, 0.25) is 0 Å². The Morgan fingerprint density at radius 2 is 1.85 bits per heavy atom. The Hall–Kier alpha value is -2.66. The highest BCUT2D eigenvalue weighted by Crippen LogP contribution is 2.33. The number of hydrogen-bond donors (Lipinski definition) is 1. The second-order valence-corrected chi connectivity index (χ2v) is 7.00. The quantitative estimate of drug-likeness (QED) is 0.901. The molecule has 5 heteroatoms. The third kappa shape index (κ3) is 3.78. The lowest BCUT2D eigenvalue weighted by molar-refractivity contribution is 0.0951. The number of benzene rings is 2. The SMILES string of the molecule is CC1Cc2ccccc2N1C(=O)c1cccc(C(=O)NCCN(C)C)c1. The number of carbonyl (C=O) groups is 2. The Bertz CT molecular complexity index is 816. The molecule has 1 heterocycles. The molecule has 0 aromatic heterocycles. The van der Waals surface area contributed by atoms with Crippen LogP contribution in [-0.4, -0.2) is 49.9 Å². The Balaban J connectivity index is 1.78. The molecule has 5 nitrogen and oxygen atoms in total. The number of nitrogens with one attached hydrogen (secondary N) is 1. The summed E-state index contributed by atoms with van der Waals surface area (Å²) in [6, 6.07) is 15.1. The van der Waals surface area contributed by atoms with Crippen molar-refractivity contribution in [3.05, 3.63) is 65.2 Å². The molecule has 0 radical (unpaired) electrons. The number of hydrogen-bond acceptors (Lipinski definition) is 3. The fraction of sp³-hybridized carbons (Fsp3) is 0.333. The summed E-state index contributed by atoms with van der Waals surface area (Å²) in [5.41, 5.74) is 3.19. The van der Waals surface area contributed by atoms with E-state index in [0.29, 0.717) is 17.7 Å². The fourth-order valence-electron chi connectivity index (χ4n) is 3.30. The highest BCUT2D eigenvalue weighted by atomic mass is 16.2. The van der Waals surface area contributed by atoms with Gasteiger partial charge >= 0.3 is 0 Å². The van der Waals surface area contributed by atoms with Gasteiger partial charge in [0.15, 0.2) is 0 Å². The first-order valence-electron chi connectivity index (χ1n) is 8.92. The van der Waals surface area contributed by atoms with E-state index in [1.807, 2.05) is 42.1 Å². The average Bonchev–Trinajstić information content (AvgIpc) is 2.96. The minimum absolute atomic E-state index is 0.0645. The lowest BCUT2D eigenvalue weighted by Crippen LogP contribution is -2.36. The summed E-state index contributed by atoms with van der Waals surface area (Å²) in [5.74, 6) is -0.221. The first-order valence-corrected chi connectivity index (χ1v) is 8.92. The molecule has 1 atom stereocenters. The van der Waals surface area contributed by atoms with Crippen LogP contribution in [0.1, 0.15) is 33.2 Å². The molecule has 0 spiro atoms. The van der Waals surface area contributed by atoms with E-state index in [1.165, 1.54) is 5.56 Å². The van der Waals surface area contributed by atoms with Crippen molar-refractivity contribution in [1.29, 1.82) is 0 Å². The maximum absolute atomic E-state index is 13.1. The molecule has 0 saturated carbocycles. The predicted molar refractivity (Wildman–Crippen MR) is 104 cm³/mol. The normalized spacial score (nSPS) is 15.8. The van der Waals surface area contributed by atoms with Crippen molar-refractivity contribution in [2.45, 2.75) is 19.4 Å². The maximum atomic E-state index is 13.1. The molecular formula is C21H25N3O2. The van der Waals surface area contributed by atoms with Crippen molar-refractivity contribution < 1.29 is 9.59 Å². The van der Waals surface area contributed by atoms with Crippen LogP contribution in [0.3, 0.4) is 0 Å². The molecule has 2 amide bonds. The number of nitrogens with zero attached hydrogens (tertiary/aromatic N) is 2. The van der Waals surface area contributed by atoms with Crippen LogP contribution < -0.4 is 10.2 Å². The summed E-state index contributed by atoms with van der Waals surface area (Å²) in [6.07, 6.45) is 0.854. The fourth-order valence-corrected chi connectivity index (χ4v) is 3.30. The Kier molecular flexibility index (Phi) is 5.38. The van der Waals surface area contributed by atoms with E-state index in [9.17, 15) is 9.59 Å². The van der Waals surface area contributed by atoms with Crippen LogP contribution in [0.15, 0.2) is 48.5 Å². The molecule has 1 N–H and O–H groups in total. The summed E-state index contributed by atoms with van der Waals surface area (Å²) in [5, 5.41) is 2.88.